The quantitative estimate of drug-likeness (QED) is 0.375. The van der Waals surface area contributed by atoms with E-state index in [0.29, 0.717) is 43.5 Å². The Kier molecular flexibility index (Phi) is 10.6. The van der Waals surface area contributed by atoms with Crippen molar-refractivity contribution in [1.82, 2.24) is 0 Å². The van der Waals surface area contributed by atoms with Crippen LogP contribution in [0.5, 0.6) is 5.75 Å². The molecule has 2 heterocycles. The lowest BCUT2D eigenvalue weighted by Gasteiger charge is -2.32. The molecule has 2 fully saturated rings. The number of aryl methyl sites for hydroxylation is 1. The molecule has 3 rings (SSSR count). The highest BCUT2D eigenvalue weighted by Crippen LogP contribution is 2.25. The molecule has 0 N–H and O–H groups in total. The molecular formula is C24H35F3O5. The standard InChI is InChI=1S/C24H35F3O5/c1-2-3-4-5-18-13-28-23(29-14-18)11-8-19-15-30-22(31-16-19)10-7-17-6-9-21(20(25)12-17)32-24(26)27/h6,9,12,18-19,22-24H,2-5,7-8,10-11,13-16H2,1H3/t18-,19-,22-,23-. The summed E-state index contributed by atoms with van der Waals surface area (Å²) in [7, 11) is 0. The molecule has 5 nitrogen and oxygen atoms in total. The Labute approximate surface area is 188 Å². The van der Waals surface area contributed by atoms with E-state index in [-0.39, 0.29) is 12.6 Å². The summed E-state index contributed by atoms with van der Waals surface area (Å²) in [6.07, 6.45) is 7.25. The monoisotopic (exact) mass is 460 g/mol. The molecule has 0 bridgehead atoms. The topological polar surface area (TPSA) is 46.2 Å². The molecule has 0 saturated carbocycles. The van der Waals surface area contributed by atoms with Crippen LogP contribution < -0.4 is 4.74 Å². The van der Waals surface area contributed by atoms with Crippen LogP contribution in [0.3, 0.4) is 0 Å². The number of alkyl halides is 2. The van der Waals surface area contributed by atoms with Crippen molar-refractivity contribution in [2.45, 2.75) is 77.5 Å². The van der Waals surface area contributed by atoms with Gasteiger partial charge in [0.05, 0.1) is 26.4 Å². The number of benzene rings is 1. The molecular weight excluding hydrogens is 425 g/mol. The van der Waals surface area contributed by atoms with Crippen LogP contribution in [0.1, 0.15) is 57.4 Å². The molecule has 0 radical (unpaired) electrons. The maximum absolute atomic E-state index is 13.8. The first-order valence-electron chi connectivity index (χ1n) is 11.7. The number of hydrogen-bond donors (Lipinski definition) is 0. The highest BCUT2D eigenvalue weighted by Gasteiger charge is 2.26. The summed E-state index contributed by atoms with van der Waals surface area (Å²) in [4.78, 5) is 0. The first kappa shape index (κ1) is 25.3. The Balaban J connectivity index is 1.28. The Hall–Kier alpha value is -1.35. The fourth-order valence-corrected chi connectivity index (χ4v) is 4.06. The average Bonchev–Trinajstić information content (AvgIpc) is 2.79. The number of ether oxygens (including phenoxy) is 5. The first-order valence-corrected chi connectivity index (χ1v) is 11.7. The molecule has 0 atom stereocenters. The van der Waals surface area contributed by atoms with Gasteiger partial charge >= 0.3 is 6.61 Å². The lowest BCUT2D eigenvalue weighted by Crippen LogP contribution is -2.35. The fourth-order valence-electron chi connectivity index (χ4n) is 4.06. The zero-order chi connectivity index (χ0) is 22.8. The Morgan fingerprint density at radius 3 is 2.09 bits per heavy atom. The minimum atomic E-state index is -3.05. The minimum Gasteiger partial charge on any atom is -0.432 e. The molecule has 182 valence electrons. The van der Waals surface area contributed by atoms with E-state index in [2.05, 4.69) is 11.7 Å². The summed E-state index contributed by atoms with van der Waals surface area (Å²) < 4.78 is 65.7. The molecule has 2 saturated heterocycles. The van der Waals surface area contributed by atoms with Gasteiger partial charge in [0.15, 0.2) is 24.1 Å². The van der Waals surface area contributed by atoms with E-state index in [0.717, 1.165) is 26.1 Å². The fraction of sp³-hybridized carbons (Fsp3) is 0.750. The van der Waals surface area contributed by atoms with Gasteiger partial charge in [0.1, 0.15) is 0 Å². The number of halogens is 3. The molecule has 2 aliphatic rings. The van der Waals surface area contributed by atoms with E-state index in [4.69, 9.17) is 18.9 Å². The summed E-state index contributed by atoms with van der Waals surface area (Å²) >= 11 is 0. The van der Waals surface area contributed by atoms with Crippen molar-refractivity contribution < 1.29 is 36.9 Å². The zero-order valence-electron chi connectivity index (χ0n) is 18.8. The van der Waals surface area contributed by atoms with Gasteiger partial charge in [-0.2, -0.15) is 8.78 Å². The van der Waals surface area contributed by atoms with Crippen LogP contribution in [0.2, 0.25) is 0 Å². The van der Waals surface area contributed by atoms with Crippen LogP contribution in [-0.2, 0) is 25.4 Å². The van der Waals surface area contributed by atoms with Gasteiger partial charge in [-0.25, -0.2) is 4.39 Å². The van der Waals surface area contributed by atoms with E-state index >= 15 is 0 Å². The zero-order valence-corrected chi connectivity index (χ0v) is 18.8. The van der Waals surface area contributed by atoms with Crippen molar-refractivity contribution >= 4 is 0 Å². The summed E-state index contributed by atoms with van der Waals surface area (Å²) in [5.41, 5.74) is 0.679. The number of unbranched alkanes of at least 4 members (excludes halogenated alkanes) is 2. The SMILES string of the molecule is CCCCC[C@H]1CO[C@H](CC[C@H]2CO[C@H](CCc3ccc(OC(F)F)c(F)c3)OC2)OC1. The Morgan fingerprint density at radius 1 is 0.875 bits per heavy atom. The van der Waals surface area contributed by atoms with Crippen LogP contribution in [0, 0.1) is 17.7 Å². The van der Waals surface area contributed by atoms with Crippen LogP contribution in [0.15, 0.2) is 18.2 Å². The molecule has 0 aromatic heterocycles. The Morgan fingerprint density at radius 2 is 1.50 bits per heavy atom. The van der Waals surface area contributed by atoms with Crippen molar-refractivity contribution in [3.8, 4) is 5.75 Å². The smallest absolute Gasteiger partial charge is 0.387 e. The second kappa shape index (κ2) is 13.4. The van der Waals surface area contributed by atoms with Crippen LogP contribution in [-0.4, -0.2) is 45.6 Å². The van der Waals surface area contributed by atoms with Gasteiger partial charge in [0.25, 0.3) is 0 Å². The third-order valence-electron chi connectivity index (χ3n) is 5.98. The second-order valence-corrected chi connectivity index (χ2v) is 8.68. The Bertz CT molecular complexity index is 659. The second-order valence-electron chi connectivity index (χ2n) is 8.68. The van der Waals surface area contributed by atoms with Crippen molar-refractivity contribution in [2.24, 2.45) is 11.8 Å². The highest BCUT2D eigenvalue weighted by atomic mass is 19.3. The summed E-state index contributed by atoms with van der Waals surface area (Å²) in [6.45, 7) is 1.93. The van der Waals surface area contributed by atoms with Gasteiger partial charge in [-0.1, -0.05) is 32.3 Å². The lowest BCUT2D eigenvalue weighted by molar-refractivity contribution is -0.219. The third kappa shape index (κ3) is 8.54. The molecule has 32 heavy (non-hydrogen) atoms. The largest absolute Gasteiger partial charge is 0.432 e. The maximum atomic E-state index is 13.8. The van der Waals surface area contributed by atoms with Crippen molar-refractivity contribution in [3.63, 3.8) is 0 Å². The molecule has 0 spiro atoms. The summed E-state index contributed by atoms with van der Waals surface area (Å²) in [5.74, 6) is -0.437. The van der Waals surface area contributed by atoms with Gasteiger partial charge < -0.3 is 23.7 Å². The maximum Gasteiger partial charge on any atom is 0.387 e. The number of rotatable bonds is 12. The van der Waals surface area contributed by atoms with Crippen molar-refractivity contribution in [2.75, 3.05) is 26.4 Å². The average molecular weight is 461 g/mol. The van der Waals surface area contributed by atoms with Gasteiger partial charge in [0.2, 0.25) is 0 Å². The van der Waals surface area contributed by atoms with E-state index in [1.807, 2.05) is 0 Å². The van der Waals surface area contributed by atoms with E-state index in [9.17, 15) is 13.2 Å². The number of hydrogen-bond acceptors (Lipinski definition) is 5. The van der Waals surface area contributed by atoms with E-state index in [1.54, 1.807) is 6.07 Å². The molecule has 0 unspecified atom stereocenters. The van der Waals surface area contributed by atoms with Gasteiger partial charge in [0, 0.05) is 18.3 Å². The molecule has 2 aliphatic heterocycles. The van der Waals surface area contributed by atoms with E-state index in [1.165, 1.54) is 37.8 Å². The summed E-state index contributed by atoms with van der Waals surface area (Å²) in [6, 6.07) is 4.01. The molecule has 1 aromatic carbocycles. The van der Waals surface area contributed by atoms with Crippen molar-refractivity contribution in [3.05, 3.63) is 29.6 Å². The first-order chi connectivity index (χ1) is 15.5. The minimum absolute atomic E-state index is 0.137. The highest BCUT2D eigenvalue weighted by molar-refractivity contribution is 5.29. The van der Waals surface area contributed by atoms with Crippen molar-refractivity contribution in [1.29, 1.82) is 0 Å². The van der Waals surface area contributed by atoms with Crippen LogP contribution in [0.25, 0.3) is 0 Å². The predicted octanol–water partition coefficient (Wildman–Crippen LogP) is 5.70. The van der Waals surface area contributed by atoms with Gasteiger partial charge in [-0.05, 0) is 43.4 Å². The third-order valence-corrected chi connectivity index (χ3v) is 5.98. The molecule has 0 amide bonds. The van der Waals surface area contributed by atoms with Gasteiger partial charge in [-0.3, -0.25) is 0 Å². The normalized spacial score (nSPS) is 26.4. The molecule has 1 aromatic rings. The molecule has 0 aliphatic carbocycles. The van der Waals surface area contributed by atoms with E-state index < -0.39 is 18.2 Å². The van der Waals surface area contributed by atoms with Crippen LogP contribution >= 0.6 is 0 Å². The summed E-state index contributed by atoms with van der Waals surface area (Å²) in [5, 5.41) is 0. The van der Waals surface area contributed by atoms with Gasteiger partial charge in [-0.15, -0.1) is 0 Å². The molecule has 8 heteroatoms. The lowest BCUT2D eigenvalue weighted by atomic mass is 10.0. The predicted molar refractivity (Wildman–Crippen MR) is 113 cm³/mol. The van der Waals surface area contributed by atoms with Crippen LogP contribution in [0.4, 0.5) is 13.2 Å².